The molecule has 3 aromatic rings. The van der Waals surface area contributed by atoms with E-state index < -0.39 is 5.25 Å². The number of carbonyl (C=O) groups excluding carboxylic acids is 1. The van der Waals surface area contributed by atoms with Crippen molar-refractivity contribution in [2.24, 2.45) is 0 Å². The number of aromatic nitrogens is 2. The van der Waals surface area contributed by atoms with Crippen molar-refractivity contribution in [1.82, 2.24) is 10.2 Å². The van der Waals surface area contributed by atoms with Gasteiger partial charge in [0.25, 0.3) is 11.1 Å². The lowest BCUT2D eigenvalue weighted by Gasteiger charge is -2.28. The Morgan fingerprint density at radius 3 is 2.72 bits per heavy atom. The number of morpholine rings is 1. The van der Waals surface area contributed by atoms with Crippen LogP contribution in [0.4, 0.5) is 11.4 Å². The SMILES string of the molecule is Cc1cccc(OCc2nnc(S[C@H](C)C(=O)Nc3ccc(N4CCOCC4)cc3)o2)c1. The van der Waals surface area contributed by atoms with Gasteiger partial charge in [-0.25, -0.2) is 0 Å². The summed E-state index contributed by atoms with van der Waals surface area (Å²) in [5.41, 5.74) is 2.98. The van der Waals surface area contributed by atoms with Gasteiger partial charge >= 0.3 is 0 Å². The van der Waals surface area contributed by atoms with Crippen LogP contribution in [0.15, 0.2) is 58.2 Å². The molecule has 32 heavy (non-hydrogen) atoms. The molecule has 1 N–H and O–H groups in total. The number of nitrogens with one attached hydrogen (secondary N) is 1. The van der Waals surface area contributed by atoms with Gasteiger partial charge in [-0.05, 0) is 55.8 Å². The lowest BCUT2D eigenvalue weighted by Crippen LogP contribution is -2.36. The number of amides is 1. The minimum absolute atomic E-state index is 0.134. The van der Waals surface area contributed by atoms with Crippen molar-refractivity contribution in [2.75, 3.05) is 36.5 Å². The van der Waals surface area contributed by atoms with Crippen LogP contribution in [0.1, 0.15) is 18.4 Å². The van der Waals surface area contributed by atoms with E-state index in [1.54, 1.807) is 6.92 Å². The highest BCUT2D eigenvalue weighted by Crippen LogP contribution is 2.24. The Hall–Kier alpha value is -3.04. The van der Waals surface area contributed by atoms with E-state index in [1.165, 1.54) is 11.8 Å². The summed E-state index contributed by atoms with van der Waals surface area (Å²) in [5, 5.41) is 10.9. The summed E-state index contributed by atoms with van der Waals surface area (Å²) in [6, 6.07) is 15.6. The van der Waals surface area contributed by atoms with Gasteiger partial charge in [-0.3, -0.25) is 4.79 Å². The summed E-state index contributed by atoms with van der Waals surface area (Å²) >= 11 is 1.21. The monoisotopic (exact) mass is 454 g/mol. The van der Waals surface area contributed by atoms with Crippen LogP contribution < -0.4 is 15.0 Å². The summed E-state index contributed by atoms with van der Waals surface area (Å²) in [6.07, 6.45) is 0. The van der Waals surface area contributed by atoms with Crippen LogP contribution in [0.25, 0.3) is 0 Å². The van der Waals surface area contributed by atoms with Gasteiger partial charge in [0.2, 0.25) is 5.91 Å². The predicted octanol–water partition coefficient (Wildman–Crippen LogP) is 3.91. The Morgan fingerprint density at radius 1 is 1.19 bits per heavy atom. The van der Waals surface area contributed by atoms with Crippen molar-refractivity contribution in [1.29, 1.82) is 0 Å². The van der Waals surface area contributed by atoms with Gasteiger partial charge in [-0.2, -0.15) is 0 Å². The van der Waals surface area contributed by atoms with E-state index in [0.717, 1.165) is 49.0 Å². The number of aryl methyl sites for hydroxylation is 1. The van der Waals surface area contributed by atoms with E-state index in [4.69, 9.17) is 13.9 Å². The van der Waals surface area contributed by atoms with E-state index in [-0.39, 0.29) is 12.5 Å². The highest BCUT2D eigenvalue weighted by Gasteiger charge is 2.19. The molecule has 1 fully saturated rings. The van der Waals surface area contributed by atoms with Crippen molar-refractivity contribution in [2.45, 2.75) is 30.9 Å². The second-order valence-electron chi connectivity index (χ2n) is 7.46. The molecule has 0 aliphatic carbocycles. The fraction of sp³-hybridized carbons (Fsp3) is 0.348. The first-order valence-electron chi connectivity index (χ1n) is 10.5. The Bertz CT molecular complexity index is 1030. The van der Waals surface area contributed by atoms with Crippen molar-refractivity contribution < 1.29 is 18.7 Å². The second kappa shape index (κ2) is 10.5. The molecule has 0 unspecified atom stereocenters. The van der Waals surface area contributed by atoms with Crippen LogP contribution in [0.5, 0.6) is 5.75 Å². The van der Waals surface area contributed by atoms with Gasteiger partial charge in [-0.1, -0.05) is 23.9 Å². The Labute approximate surface area is 191 Å². The van der Waals surface area contributed by atoms with Crippen LogP contribution in [0.2, 0.25) is 0 Å². The number of rotatable bonds is 8. The fourth-order valence-corrected chi connectivity index (χ4v) is 3.92. The Morgan fingerprint density at radius 2 is 1.97 bits per heavy atom. The molecule has 2 aromatic carbocycles. The molecular weight excluding hydrogens is 428 g/mol. The van der Waals surface area contributed by atoms with Gasteiger partial charge in [0.15, 0.2) is 6.61 Å². The second-order valence-corrected chi connectivity index (χ2v) is 8.75. The molecule has 9 heteroatoms. The number of carbonyl (C=O) groups is 1. The number of hydrogen-bond donors (Lipinski definition) is 1. The number of hydrogen-bond acceptors (Lipinski definition) is 8. The smallest absolute Gasteiger partial charge is 0.277 e. The fourth-order valence-electron chi connectivity index (χ4n) is 3.22. The van der Waals surface area contributed by atoms with Crippen molar-refractivity contribution >= 4 is 29.0 Å². The predicted molar refractivity (Wildman–Crippen MR) is 123 cm³/mol. The molecule has 0 spiro atoms. The van der Waals surface area contributed by atoms with Crippen molar-refractivity contribution in [3.63, 3.8) is 0 Å². The van der Waals surface area contributed by atoms with E-state index >= 15 is 0 Å². The van der Waals surface area contributed by atoms with E-state index in [2.05, 4.69) is 20.4 Å². The average Bonchev–Trinajstić information content (AvgIpc) is 3.26. The number of ether oxygens (including phenoxy) is 2. The zero-order valence-corrected chi connectivity index (χ0v) is 18.9. The number of anilines is 2. The Balaban J connectivity index is 1.26. The summed E-state index contributed by atoms with van der Waals surface area (Å²) in [6.45, 7) is 7.20. The molecule has 8 nitrogen and oxygen atoms in total. The first-order valence-corrected chi connectivity index (χ1v) is 11.4. The van der Waals surface area contributed by atoms with Gasteiger partial charge in [0.1, 0.15) is 5.75 Å². The normalized spacial score (nSPS) is 14.8. The number of nitrogens with zero attached hydrogens (tertiary/aromatic N) is 3. The van der Waals surface area contributed by atoms with E-state index in [0.29, 0.717) is 11.1 Å². The molecule has 2 heterocycles. The van der Waals surface area contributed by atoms with Crippen LogP contribution in [-0.2, 0) is 16.1 Å². The maximum Gasteiger partial charge on any atom is 0.277 e. The molecule has 0 saturated carbocycles. The lowest BCUT2D eigenvalue weighted by molar-refractivity contribution is -0.115. The molecule has 1 saturated heterocycles. The summed E-state index contributed by atoms with van der Waals surface area (Å²) in [5.74, 6) is 0.968. The molecule has 0 bridgehead atoms. The van der Waals surface area contributed by atoms with Crippen LogP contribution in [0, 0.1) is 6.92 Å². The third kappa shape index (κ3) is 6.02. The first kappa shape index (κ1) is 22.2. The highest BCUT2D eigenvalue weighted by molar-refractivity contribution is 8.00. The maximum atomic E-state index is 12.6. The third-order valence-corrected chi connectivity index (χ3v) is 5.89. The first-order chi connectivity index (χ1) is 15.6. The zero-order chi connectivity index (χ0) is 22.3. The van der Waals surface area contributed by atoms with Gasteiger partial charge in [-0.15, -0.1) is 10.2 Å². The summed E-state index contributed by atoms with van der Waals surface area (Å²) in [7, 11) is 0. The third-order valence-electron chi connectivity index (χ3n) is 4.96. The van der Waals surface area contributed by atoms with Gasteiger partial charge < -0.3 is 24.1 Å². The molecule has 1 aliphatic rings. The minimum Gasteiger partial charge on any atom is -0.484 e. The van der Waals surface area contributed by atoms with Gasteiger partial charge in [0.05, 0.1) is 18.5 Å². The summed E-state index contributed by atoms with van der Waals surface area (Å²) < 4.78 is 16.7. The van der Waals surface area contributed by atoms with Crippen LogP contribution >= 0.6 is 11.8 Å². The molecular formula is C23H26N4O4S. The number of thioether (sulfide) groups is 1. The zero-order valence-electron chi connectivity index (χ0n) is 18.1. The molecule has 1 aliphatic heterocycles. The molecule has 1 amide bonds. The quantitative estimate of drug-likeness (QED) is 0.513. The largest absolute Gasteiger partial charge is 0.484 e. The van der Waals surface area contributed by atoms with Gasteiger partial charge in [0, 0.05) is 24.5 Å². The molecule has 0 radical (unpaired) electrons. The molecule has 1 aromatic heterocycles. The topological polar surface area (TPSA) is 89.7 Å². The van der Waals surface area contributed by atoms with Crippen LogP contribution in [-0.4, -0.2) is 47.7 Å². The van der Waals surface area contributed by atoms with Crippen molar-refractivity contribution in [3.8, 4) is 5.75 Å². The van der Waals surface area contributed by atoms with E-state index in [9.17, 15) is 4.79 Å². The van der Waals surface area contributed by atoms with E-state index in [1.807, 2.05) is 55.5 Å². The lowest BCUT2D eigenvalue weighted by atomic mass is 10.2. The highest BCUT2D eigenvalue weighted by atomic mass is 32.2. The molecule has 4 rings (SSSR count). The van der Waals surface area contributed by atoms with Crippen LogP contribution in [0.3, 0.4) is 0 Å². The minimum atomic E-state index is -0.403. The Kier molecular flexibility index (Phi) is 7.28. The van der Waals surface area contributed by atoms with Crippen molar-refractivity contribution in [3.05, 3.63) is 60.0 Å². The average molecular weight is 455 g/mol. The number of benzene rings is 2. The standard InChI is InChI=1S/C23H26N4O4S/c1-16-4-3-5-20(14-16)30-15-21-25-26-23(31-21)32-17(2)22(28)24-18-6-8-19(9-7-18)27-10-12-29-13-11-27/h3-9,14,17H,10-13,15H2,1-2H3,(H,24,28)/t17-/m1/s1. The maximum absolute atomic E-state index is 12.6. The molecule has 1 atom stereocenters. The molecule has 168 valence electrons. The summed E-state index contributed by atoms with van der Waals surface area (Å²) in [4.78, 5) is 14.8.